The lowest BCUT2D eigenvalue weighted by molar-refractivity contribution is 0.172. The van der Waals surface area contributed by atoms with Gasteiger partial charge >= 0.3 is 6.03 Å². The average molecular weight is 342 g/mol. The second-order valence-corrected chi connectivity index (χ2v) is 6.80. The summed E-state index contributed by atoms with van der Waals surface area (Å²) in [7, 11) is 1.79. The second kappa shape index (κ2) is 8.16. The molecule has 1 aliphatic rings. The molecule has 1 aromatic carbocycles. The first kappa shape index (κ1) is 17.5. The number of hydrogen-bond donors (Lipinski definition) is 3. The Kier molecular flexibility index (Phi) is 5.71. The van der Waals surface area contributed by atoms with Crippen LogP contribution in [0.1, 0.15) is 36.5 Å². The van der Waals surface area contributed by atoms with Crippen LogP contribution in [0.3, 0.4) is 0 Å². The third kappa shape index (κ3) is 4.82. The van der Waals surface area contributed by atoms with Gasteiger partial charge in [-0.3, -0.25) is 4.68 Å². The van der Waals surface area contributed by atoms with E-state index in [2.05, 4.69) is 40.0 Å². The number of nitrogens with zero attached hydrogens (tertiary/aromatic N) is 2. The van der Waals surface area contributed by atoms with E-state index in [4.69, 9.17) is 0 Å². The van der Waals surface area contributed by atoms with Crippen LogP contribution < -0.4 is 10.6 Å². The summed E-state index contributed by atoms with van der Waals surface area (Å²) in [5, 5.41) is 20.0. The van der Waals surface area contributed by atoms with Crippen LogP contribution in [-0.4, -0.2) is 33.5 Å². The SMILES string of the molecule is Cn1cc([C@H](O)CNC(=O)N[C@@H]2CCC[C@H]2Cc2ccccc2)cn1. The van der Waals surface area contributed by atoms with Crippen LogP contribution in [0.25, 0.3) is 0 Å². The average Bonchev–Trinajstić information content (AvgIpc) is 3.23. The molecule has 25 heavy (non-hydrogen) atoms. The number of aryl methyl sites for hydroxylation is 1. The number of aromatic nitrogens is 2. The Morgan fingerprint density at radius 3 is 2.88 bits per heavy atom. The van der Waals surface area contributed by atoms with Crippen molar-refractivity contribution in [2.75, 3.05) is 6.54 Å². The van der Waals surface area contributed by atoms with Crippen molar-refractivity contribution in [1.29, 1.82) is 0 Å². The first-order valence-electron chi connectivity index (χ1n) is 8.86. The Bertz CT molecular complexity index is 686. The molecule has 0 unspecified atom stereocenters. The van der Waals surface area contributed by atoms with Crippen LogP contribution in [0, 0.1) is 5.92 Å². The number of rotatable bonds is 6. The number of hydrogen-bond acceptors (Lipinski definition) is 3. The smallest absolute Gasteiger partial charge is 0.315 e. The molecule has 0 spiro atoms. The van der Waals surface area contributed by atoms with Gasteiger partial charge in [0.2, 0.25) is 0 Å². The van der Waals surface area contributed by atoms with Gasteiger partial charge in [0.05, 0.1) is 12.3 Å². The predicted octanol–water partition coefficient (Wildman–Crippen LogP) is 2.16. The van der Waals surface area contributed by atoms with Crippen LogP contribution in [0.5, 0.6) is 0 Å². The highest BCUT2D eigenvalue weighted by atomic mass is 16.3. The normalized spacial score (nSPS) is 21.0. The highest BCUT2D eigenvalue weighted by Gasteiger charge is 2.28. The highest BCUT2D eigenvalue weighted by molar-refractivity contribution is 5.74. The third-order valence-corrected chi connectivity index (χ3v) is 4.88. The van der Waals surface area contributed by atoms with Gasteiger partial charge in [0.25, 0.3) is 0 Å². The van der Waals surface area contributed by atoms with Crippen molar-refractivity contribution >= 4 is 6.03 Å². The lowest BCUT2D eigenvalue weighted by atomic mass is 9.95. The van der Waals surface area contributed by atoms with E-state index in [1.54, 1.807) is 24.1 Å². The molecule has 3 atom stereocenters. The zero-order chi connectivity index (χ0) is 17.6. The maximum absolute atomic E-state index is 12.2. The van der Waals surface area contributed by atoms with Gasteiger partial charge in [-0.2, -0.15) is 5.10 Å². The molecule has 1 aromatic heterocycles. The van der Waals surface area contributed by atoms with Gasteiger partial charge in [0.1, 0.15) is 0 Å². The standard InChI is InChI=1S/C19H26N4O2/c1-23-13-16(11-21-23)18(24)12-20-19(25)22-17-9-5-8-15(17)10-14-6-3-2-4-7-14/h2-4,6-7,11,13,15,17-18,24H,5,8-10,12H2,1H3,(H2,20,22,25)/t15-,17+,18+/m0/s1. The van der Waals surface area contributed by atoms with Gasteiger partial charge < -0.3 is 15.7 Å². The molecular formula is C19H26N4O2. The predicted molar refractivity (Wildman–Crippen MR) is 96.0 cm³/mol. The summed E-state index contributed by atoms with van der Waals surface area (Å²) in [6, 6.07) is 10.4. The van der Waals surface area contributed by atoms with Crippen LogP contribution in [0.4, 0.5) is 4.79 Å². The zero-order valence-corrected chi connectivity index (χ0v) is 14.6. The molecule has 0 saturated heterocycles. The molecule has 1 heterocycles. The molecule has 1 aliphatic carbocycles. The minimum absolute atomic E-state index is 0.174. The van der Waals surface area contributed by atoms with Crippen molar-refractivity contribution in [3.63, 3.8) is 0 Å². The maximum atomic E-state index is 12.2. The highest BCUT2D eigenvalue weighted by Crippen LogP contribution is 2.28. The van der Waals surface area contributed by atoms with Crippen LogP contribution in [0.2, 0.25) is 0 Å². The van der Waals surface area contributed by atoms with Gasteiger partial charge in [0.15, 0.2) is 0 Å². The maximum Gasteiger partial charge on any atom is 0.315 e. The van der Waals surface area contributed by atoms with Crippen molar-refractivity contribution < 1.29 is 9.90 Å². The molecule has 2 amide bonds. The van der Waals surface area contributed by atoms with Crippen LogP contribution in [-0.2, 0) is 13.5 Å². The topological polar surface area (TPSA) is 79.2 Å². The molecule has 1 saturated carbocycles. The number of urea groups is 1. The number of nitrogens with one attached hydrogen (secondary N) is 2. The molecule has 2 aromatic rings. The van der Waals surface area contributed by atoms with E-state index < -0.39 is 6.10 Å². The van der Waals surface area contributed by atoms with Gasteiger partial charge in [-0.25, -0.2) is 4.79 Å². The summed E-state index contributed by atoms with van der Waals surface area (Å²) in [5.74, 6) is 0.469. The molecule has 6 nitrogen and oxygen atoms in total. The van der Waals surface area contributed by atoms with E-state index in [0.717, 1.165) is 25.7 Å². The van der Waals surface area contributed by atoms with Crippen molar-refractivity contribution in [1.82, 2.24) is 20.4 Å². The fourth-order valence-corrected chi connectivity index (χ4v) is 3.53. The fraction of sp³-hybridized carbons (Fsp3) is 0.474. The summed E-state index contributed by atoms with van der Waals surface area (Å²) in [6.07, 6.45) is 6.89. The van der Waals surface area contributed by atoms with Gasteiger partial charge in [-0.15, -0.1) is 0 Å². The second-order valence-electron chi connectivity index (χ2n) is 6.80. The molecule has 0 aliphatic heterocycles. The Balaban J connectivity index is 1.46. The van der Waals surface area contributed by atoms with Crippen molar-refractivity contribution in [2.24, 2.45) is 13.0 Å². The summed E-state index contributed by atoms with van der Waals surface area (Å²) in [5.41, 5.74) is 2.01. The Morgan fingerprint density at radius 1 is 1.36 bits per heavy atom. The Labute approximate surface area is 148 Å². The van der Waals surface area contributed by atoms with E-state index in [1.807, 2.05) is 6.07 Å². The van der Waals surface area contributed by atoms with Gasteiger partial charge in [-0.1, -0.05) is 36.8 Å². The minimum Gasteiger partial charge on any atom is -0.386 e. The van der Waals surface area contributed by atoms with Crippen molar-refractivity contribution in [3.05, 3.63) is 53.9 Å². The van der Waals surface area contributed by atoms with E-state index >= 15 is 0 Å². The summed E-state index contributed by atoms with van der Waals surface area (Å²) < 4.78 is 1.63. The van der Waals surface area contributed by atoms with E-state index in [9.17, 15) is 9.90 Å². The van der Waals surface area contributed by atoms with Gasteiger partial charge in [-0.05, 0) is 30.7 Å². The molecule has 0 bridgehead atoms. The Hall–Kier alpha value is -2.34. The monoisotopic (exact) mass is 342 g/mol. The zero-order valence-electron chi connectivity index (χ0n) is 14.6. The summed E-state index contributed by atoms with van der Waals surface area (Å²) >= 11 is 0. The van der Waals surface area contributed by atoms with Gasteiger partial charge in [0, 0.05) is 31.4 Å². The lowest BCUT2D eigenvalue weighted by Crippen LogP contribution is -2.45. The lowest BCUT2D eigenvalue weighted by Gasteiger charge is -2.22. The molecule has 134 valence electrons. The molecule has 3 rings (SSSR count). The minimum atomic E-state index is -0.747. The van der Waals surface area contributed by atoms with Crippen LogP contribution in [0.15, 0.2) is 42.7 Å². The third-order valence-electron chi connectivity index (χ3n) is 4.88. The van der Waals surface area contributed by atoms with Crippen molar-refractivity contribution in [2.45, 2.75) is 37.8 Å². The number of amides is 2. The quantitative estimate of drug-likeness (QED) is 0.753. The number of aliphatic hydroxyl groups is 1. The first-order chi connectivity index (χ1) is 12.1. The number of carbonyl (C=O) groups excluding carboxylic acids is 1. The summed E-state index contributed by atoms with van der Waals surface area (Å²) in [4.78, 5) is 12.2. The van der Waals surface area contributed by atoms with E-state index in [0.29, 0.717) is 11.5 Å². The molecular weight excluding hydrogens is 316 g/mol. The van der Waals surface area contributed by atoms with E-state index in [1.165, 1.54) is 5.56 Å². The molecule has 3 N–H and O–H groups in total. The number of benzene rings is 1. The molecule has 6 heteroatoms. The fourth-order valence-electron chi connectivity index (χ4n) is 3.53. The molecule has 1 fully saturated rings. The molecule has 0 radical (unpaired) electrons. The number of aliphatic hydroxyl groups excluding tert-OH is 1. The Morgan fingerprint density at radius 2 is 2.16 bits per heavy atom. The number of carbonyl (C=O) groups is 1. The summed E-state index contributed by atoms with van der Waals surface area (Å²) in [6.45, 7) is 0.174. The van der Waals surface area contributed by atoms with E-state index in [-0.39, 0.29) is 18.6 Å². The van der Waals surface area contributed by atoms with Crippen LogP contribution >= 0.6 is 0 Å². The van der Waals surface area contributed by atoms with Crippen molar-refractivity contribution in [3.8, 4) is 0 Å². The largest absolute Gasteiger partial charge is 0.386 e. The first-order valence-corrected chi connectivity index (χ1v) is 8.86.